The van der Waals surface area contributed by atoms with Crippen LogP contribution in [0.5, 0.6) is 0 Å². The lowest BCUT2D eigenvalue weighted by Crippen LogP contribution is -2.43. The van der Waals surface area contributed by atoms with Crippen LogP contribution in [0.2, 0.25) is 0 Å². The fourth-order valence-corrected chi connectivity index (χ4v) is 1.70. The molecule has 1 aromatic carbocycles. The SMILES string of the molecule is Cc1c(N)cccc1C(=O)N(CC(N)=O)C(C)C. The van der Waals surface area contributed by atoms with Crippen LogP contribution in [0.3, 0.4) is 0 Å². The number of anilines is 1. The molecule has 0 aromatic heterocycles. The number of benzene rings is 1. The lowest BCUT2D eigenvalue weighted by Gasteiger charge is -2.26. The number of nitrogens with two attached hydrogens (primary N) is 2. The van der Waals surface area contributed by atoms with Gasteiger partial charge in [0.1, 0.15) is 0 Å². The van der Waals surface area contributed by atoms with Crippen LogP contribution in [0, 0.1) is 6.92 Å². The van der Waals surface area contributed by atoms with Gasteiger partial charge in [-0.05, 0) is 38.5 Å². The average Bonchev–Trinajstić information content (AvgIpc) is 2.28. The molecule has 0 spiro atoms. The molecule has 2 amide bonds. The fraction of sp³-hybridized carbons (Fsp3) is 0.385. The Morgan fingerprint density at radius 2 is 1.94 bits per heavy atom. The van der Waals surface area contributed by atoms with Gasteiger partial charge >= 0.3 is 0 Å². The molecule has 18 heavy (non-hydrogen) atoms. The Kier molecular flexibility index (Phi) is 4.31. The van der Waals surface area contributed by atoms with E-state index in [9.17, 15) is 9.59 Å². The van der Waals surface area contributed by atoms with Crippen molar-refractivity contribution in [3.05, 3.63) is 29.3 Å². The van der Waals surface area contributed by atoms with E-state index in [-0.39, 0.29) is 18.5 Å². The Morgan fingerprint density at radius 3 is 2.44 bits per heavy atom. The smallest absolute Gasteiger partial charge is 0.254 e. The van der Waals surface area contributed by atoms with Gasteiger partial charge in [-0.3, -0.25) is 9.59 Å². The summed E-state index contributed by atoms with van der Waals surface area (Å²) in [5.74, 6) is -0.757. The minimum Gasteiger partial charge on any atom is -0.398 e. The van der Waals surface area contributed by atoms with E-state index < -0.39 is 5.91 Å². The van der Waals surface area contributed by atoms with E-state index >= 15 is 0 Å². The minimum atomic E-state index is -0.529. The normalized spacial score (nSPS) is 10.4. The van der Waals surface area contributed by atoms with Gasteiger partial charge in [0, 0.05) is 17.3 Å². The van der Waals surface area contributed by atoms with Gasteiger partial charge in [0.25, 0.3) is 5.91 Å². The third-order valence-corrected chi connectivity index (χ3v) is 2.82. The van der Waals surface area contributed by atoms with Crippen molar-refractivity contribution in [1.29, 1.82) is 0 Å². The Morgan fingerprint density at radius 1 is 1.33 bits per heavy atom. The summed E-state index contributed by atoms with van der Waals surface area (Å²) < 4.78 is 0. The van der Waals surface area contributed by atoms with E-state index in [1.807, 2.05) is 13.8 Å². The molecule has 0 unspecified atom stereocenters. The maximum Gasteiger partial charge on any atom is 0.254 e. The third-order valence-electron chi connectivity index (χ3n) is 2.82. The summed E-state index contributed by atoms with van der Waals surface area (Å²) in [4.78, 5) is 24.8. The van der Waals surface area contributed by atoms with Gasteiger partial charge in [0.05, 0.1) is 6.54 Å². The summed E-state index contributed by atoms with van der Waals surface area (Å²) in [6.45, 7) is 5.36. The molecule has 0 saturated carbocycles. The summed E-state index contributed by atoms with van der Waals surface area (Å²) in [7, 11) is 0. The standard InChI is InChI=1S/C13H19N3O2/c1-8(2)16(7-12(15)17)13(18)10-5-4-6-11(14)9(10)3/h4-6,8H,7,14H2,1-3H3,(H2,15,17). The highest BCUT2D eigenvalue weighted by atomic mass is 16.2. The zero-order valence-corrected chi connectivity index (χ0v) is 10.9. The molecular formula is C13H19N3O2. The number of carbonyl (C=O) groups is 2. The molecule has 4 N–H and O–H groups in total. The molecule has 0 atom stereocenters. The first-order chi connectivity index (χ1) is 8.34. The fourth-order valence-electron chi connectivity index (χ4n) is 1.70. The molecule has 0 radical (unpaired) electrons. The number of hydrogen-bond acceptors (Lipinski definition) is 3. The number of primary amides is 1. The van der Waals surface area contributed by atoms with Gasteiger partial charge in [-0.2, -0.15) is 0 Å². The number of amides is 2. The van der Waals surface area contributed by atoms with E-state index in [4.69, 9.17) is 11.5 Å². The van der Waals surface area contributed by atoms with Crippen LogP contribution in [0.25, 0.3) is 0 Å². The van der Waals surface area contributed by atoms with E-state index in [0.717, 1.165) is 5.56 Å². The second-order valence-electron chi connectivity index (χ2n) is 4.51. The first-order valence-electron chi connectivity index (χ1n) is 5.79. The zero-order chi connectivity index (χ0) is 13.9. The highest BCUT2D eigenvalue weighted by molar-refractivity contribution is 5.98. The molecule has 0 aliphatic rings. The van der Waals surface area contributed by atoms with Gasteiger partial charge in [0.2, 0.25) is 5.91 Å². The first-order valence-corrected chi connectivity index (χ1v) is 5.79. The van der Waals surface area contributed by atoms with Gasteiger partial charge in [0.15, 0.2) is 0 Å². The van der Waals surface area contributed by atoms with Crippen molar-refractivity contribution in [2.24, 2.45) is 5.73 Å². The van der Waals surface area contributed by atoms with E-state index in [1.54, 1.807) is 25.1 Å². The molecule has 0 aliphatic heterocycles. The van der Waals surface area contributed by atoms with Gasteiger partial charge in [-0.25, -0.2) is 0 Å². The molecule has 0 aliphatic carbocycles. The van der Waals surface area contributed by atoms with Crippen molar-refractivity contribution in [3.8, 4) is 0 Å². The maximum absolute atomic E-state index is 12.4. The Labute approximate surface area is 107 Å². The van der Waals surface area contributed by atoms with Crippen molar-refractivity contribution >= 4 is 17.5 Å². The second kappa shape index (κ2) is 5.53. The number of nitrogens with zero attached hydrogens (tertiary/aromatic N) is 1. The largest absolute Gasteiger partial charge is 0.398 e. The second-order valence-corrected chi connectivity index (χ2v) is 4.51. The number of hydrogen-bond donors (Lipinski definition) is 2. The molecule has 0 heterocycles. The summed E-state index contributed by atoms with van der Waals surface area (Å²) >= 11 is 0. The van der Waals surface area contributed by atoms with Crippen molar-refractivity contribution in [3.63, 3.8) is 0 Å². The quantitative estimate of drug-likeness (QED) is 0.777. The molecule has 0 bridgehead atoms. The lowest BCUT2D eigenvalue weighted by molar-refractivity contribution is -0.119. The van der Waals surface area contributed by atoms with E-state index in [0.29, 0.717) is 11.3 Å². The molecule has 0 fully saturated rings. The monoisotopic (exact) mass is 249 g/mol. The molecule has 1 aromatic rings. The van der Waals surface area contributed by atoms with E-state index in [1.165, 1.54) is 4.90 Å². The Bertz CT molecular complexity index is 469. The molecule has 5 nitrogen and oxygen atoms in total. The van der Waals surface area contributed by atoms with Crippen molar-refractivity contribution < 1.29 is 9.59 Å². The average molecular weight is 249 g/mol. The number of carbonyl (C=O) groups excluding carboxylic acids is 2. The van der Waals surface area contributed by atoms with Crippen molar-refractivity contribution in [2.75, 3.05) is 12.3 Å². The summed E-state index contributed by atoms with van der Waals surface area (Å²) in [5.41, 5.74) is 12.7. The van der Waals surface area contributed by atoms with E-state index in [2.05, 4.69) is 0 Å². The number of nitrogen functional groups attached to an aromatic ring is 1. The molecular weight excluding hydrogens is 230 g/mol. The van der Waals surface area contributed by atoms with Gasteiger partial charge in [-0.15, -0.1) is 0 Å². The Balaban J connectivity index is 3.10. The predicted octanol–water partition coefficient (Wildman–Crippen LogP) is 0.913. The molecule has 98 valence electrons. The van der Waals surface area contributed by atoms with Crippen molar-refractivity contribution in [2.45, 2.75) is 26.8 Å². The Hall–Kier alpha value is -2.04. The predicted molar refractivity (Wildman–Crippen MR) is 71.0 cm³/mol. The zero-order valence-electron chi connectivity index (χ0n) is 10.9. The summed E-state index contributed by atoms with van der Waals surface area (Å²) in [5, 5.41) is 0. The van der Waals surface area contributed by atoms with Crippen LogP contribution in [0.1, 0.15) is 29.8 Å². The van der Waals surface area contributed by atoms with Crippen LogP contribution in [0.15, 0.2) is 18.2 Å². The summed E-state index contributed by atoms with van der Waals surface area (Å²) in [6.07, 6.45) is 0. The lowest BCUT2D eigenvalue weighted by atomic mass is 10.0. The van der Waals surface area contributed by atoms with Crippen LogP contribution in [-0.2, 0) is 4.79 Å². The maximum atomic E-state index is 12.4. The first kappa shape index (κ1) is 14.0. The van der Waals surface area contributed by atoms with Crippen molar-refractivity contribution in [1.82, 2.24) is 4.90 Å². The third kappa shape index (κ3) is 3.00. The van der Waals surface area contributed by atoms with Gasteiger partial charge < -0.3 is 16.4 Å². The highest BCUT2D eigenvalue weighted by Crippen LogP contribution is 2.18. The molecule has 5 heteroatoms. The van der Waals surface area contributed by atoms with Gasteiger partial charge in [-0.1, -0.05) is 6.07 Å². The minimum absolute atomic E-state index is 0.0925. The van der Waals surface area contributed by atoms with Crippen LogP contribution in [0.4, 0.5) is 5.69 Å². The van der Waals surface area contributed by atoms with Crippen LogP contribution >= 0.6 is 0 Å². The highest BCUT2D eigenvalue weighted by Gasteiger charge is 2.22. The van der Waals surface area contributed by atoms with Crippen LogP contribution in [-0.4, -0.2) is 29.3 Å². The topological polar surface area (TPSA) is 89.4 Å². The van der Waals surface area contributed by atoms with Crippen LogP contribution < -0.4 is 11.5 Å². The molecule has 0 saturated heterocycles. The summed E-state index contributed by atoms with van der Waals surface area (Å²) in [6, 6.07) is 5.05. The number of rotatable bonds is 4. The molecule has 1 rings (SSSR count).